The molecule has 2 nitrogen and oxygen atoms in total. The standard InChI is InChI=1S/C13H22O2Si/c1-16(2,3)10-11-9-13(15-12(11)14)7-5-4-6-8-13/h9H,4-8,10H2,1-3H3. The average Bonchev–Trinajstić information content (AvgIpc) is 2.41. The van der Waals surface area contributed by atoms with Crippen LogP contribution in [-0.4, -0.2) is 19.6 Å². The number of carbonyl (C=O) groups excluding carboxylic acids is 1. The number of rotatable bonds is 2. The van der Waals surface area contributed by atoms with Gasteiger partial charge in [-0.05, 0) is 37.8 Å². The van der Waals surface area contributed by atoms with Gasteiger partial charge in [0.2, 0.25) is 0 Å². The summed E-state index contributed by atoms with van der Waals surface area (Å²) in [5.41, 5.74) is 0.755. The third-order valence-corrected chi connectivity index (χ3v) is 4.86. The van der Waals surface area contributed by atoms with Crippen LogP contribution in [0.5, 0.6) is 0 Å². The van der Waals surface area contributed by atoms with Crippen LogP contribution in [-0.2, 0) is 9.53 Å². The van der Waals surface area contributed by atoms with Crippen LogP contribution in [0.4, 0.5) is 0 Å². The number of carbonyl (C=O) groups is 1. The molecular formula is C13H22O2Si. The molecule has 1 fully saturated rings. The van der Waals surface area contributed by atoms with Crippen LogP contribution in [0.1, 0.15) is 32.1 Å². The molecule has 0 unspecified atom stereocenters. The van der Waals surface area contributed by atoms with Gasteiger partial charge < -0.3 is 4.74 Å². The predicted octanol–water partition coefficient (Wildman–Crippen LogP) is 3.51. The zero-order chi connectivity index (χ0) is 11.8. The molecular weight excluding hydrogens is 216 g/mol. The Bertz CT molecular complexity index is 319. The normalized spacial score (nSPS) is 24.4. The third kappa shape index (κ3) is 2.57. The molecule has 1 saturated carbocycles. The highest BCUT2D eigenvalue weighted by Crippen LogP contribution is 2.39. The number of hydrogen-bond acceptors (Lipinski definition) is 2. The Morgan fingerprint density at radius 3 is 2.44 bits per heavy atom. The van der Waals surface area contributed by atoms with Gasteiger partial charge in [-0.3, -0.25) is 0 Å². The van der Waals surface area contributed by atoms with E-state index in [2.05, 4.69) is 25.7 Å². The summed E-state index contributed by atoms with van der Waals surface area (Å²) >= 11 is 0. The summed E-state index contributed by atoms with van der Waals surface area (Å²) in [4.78, 5) is 11.9. The van der Waals surface area contributed by atoms with Crippen molar-refractivity contribution in [3.63, 3.8) is 0 Å². The van der Waals surface area contributed by atoms with E-state index in [4.69, 9.17) is 4.74 Å². The molecule has 1 aliphatic carbocycles. The van der Waals surface area contributed by atoms with E-state index in [9.17, 15) is 4.79 Å². The molecule has 0 atom stereocenters. The minimum absolute atomic E-state index is 0.0377. The van der Waals surface area contributed by atoms with E-state index in [1.165, 1.54) is 19.3 Å². The fourth-order valence-corrected chi connectivity index (χ4v) is 4.14. The molecule has 0 aromatic heterocycles. The van der Waals surface area contributed by atoms with Crippen LogP contribution >= 0.6 is 0 Å². The van der Waals surface area contributed by atoms with Gasteiger partial charge in [-0.25, -0.2) is 4.79 Å². The first-order valence-corrected chi connectivity index (χ1v) is 10.1. The van der Waals surface area contributed by atoms with Gasteiger partial charge in [0.25, 0.3) is 0 Å². The van der Waals surface area contributed by atoms with E-state index in [1.807, 2.05) is 0 Å². The fourth-order valence-electron chi connectivity index (χ4n) is 2.75. The summed E-state index contributed by atoms with van der Waals surface area (Å²) in [7, 11) is -1.21. The number of ether oxygens (including phenoxy) is 1. The highest BCUT2D eigenvalue weighted by molar-refractivity contribution is 6.77. The summed E-state index contributed by atoms with van der Waals surface area (Å²) < 4.78 is 5.64. The van der Waals surface area contributed by atoms with Crippen LogP contribution in [0.25, 0.3) is 0 Å². The molecule has 0 radical (unpaired) electrons. The largest absolute Gasteiger partial charge is 0.451 e. The third-order valence-electron chi connectivity index (χ3n) is 3.42. The molecule has 16 heavy (non-hydrogen) atoms. The van der Waals surface area contributed by atoms with Crippen molar-refractivity contribution in [2.24, 2.45) is 0 Å². The Morgan fingerprint density at radius 1 is 1.25 bits per heavy atom. The van der Waals surface area contributed by atoms with Crippen molar-refractivity contribution < 1.29 is 9.53 Å². The van der Waals surface area contributed by atoms with Gasteiger partial charge in [-0.15, -0.1) is 0 Å². The Hall–Kier alpha value is -0.573. The van der Waals surface area contributed by atoms with Crippen molar-refractivity contribution in [3.05, 3.63) is 11.6 Å². The maximum atomic E-state index is 11.9. The van der Waals surface area contributed by atoms with Crippen LogP contribution in [0.2, 0.25) is 25.7 Å². The van der Waals surface area contributed by atoms with E-state index in [0.717, 1.165) is 24.5 Å². The summed E-state index contributed by atoms with van der Waals surface area (Å²) in [5, 5.41) is 0. The van der Waals surface area contributed by atoms with Crippen molar-refractivity contribution in [1.82, 2.24) is 0 Å². The predicted molar refractivity (Wildman–Crippen MR) is 68.1 cm³/mol. The highest BCUT2D eigenvalue weighted by atomic mass is 28.3. The van der Waals surface area contributed by atoms with E-state index in [0.29, 0.717) is 0 Å². The van der Waals surface area contributed by atoms with Gasteiger partial charge in [-0.2, -0.15) is 0 Å². The molecule has 0 aromatic rings. The average molecular weight is 238 g/mol. The van der Waals surface area contributed by atoms with Crippen LogP contribution in [0.15, 0.2) is 11.6 Å². The van der Waals surface area contributed by atoms with E-state index < -0.39 is 8.07 Å². The monoisotopic (exact) mass is 238 g/mol. The molecule has 1 spiro atoms. The van der Waals surface area contributed by atoms with E-state index >= 15 is 0 Å². The van der Waals surface area contributed by atoms with Crippen LogP contribution < -0.4 is 0 Å². The molecule has 0 aromatic carbocycles. The maximum Gasteiger partial charge on any atom is 0.334 e. The fraction of sp³-hybridized carbons (Fsp3) is 0.769. The van der Waals surface area contributed by atoms with Gasteiger partial charge in [-0.1, -0.05) is 26.1 Å². The Kier molecular flexibility index (Phi) is 2.99. The molecule has 0 N–H and O–H groups in total. The minimum atomic E-state index is -1.21. The molecule has 0 bridgehead atoms. The van der Waals surface area contributed by atoms with Gasteiger partial charge >= 0.3 is 5.97 Å². The topological polar surface area (TPSA) is 26.3 Å². The lowest BCUT2D eigenvalue weighted by Crippen LogP contribution is -2.30. The van der Waals surface area contributed by atoms with Crippen LogP contribution in [0, 0.1) is 0 Å². The first kappa shape index (κ1) is 11.9. The van der Waals surface area contributed by atoms with E-state index in [-0.39, 0.29) is 11.6 Å². The second-order valence-corrected chi connectivity index (χ2v) is 11.9. The molecule has 0 amide bonds. The Balaban J connectivity index is 2.13. The smallest absolute Gasteiger partial charge is 0.334 e. The van der Waals surface area contributed by atoms with Gasteiger partial charge in [0, 0.05) is 13.6 Å². The SMILES string of the molecule is C[Si](C)(C)CC1=CC2(CCCCC2)OC1=O. The second-order valence-electron chi connectivity index (χ2n) is 6.42. The van der Waals surface area contributed by atoms with Crippen molar-refractivity contribution in [2.45, 2.75) is 63.4 Å². The van der Waals surface area contributed by atoms with Crippen molar-refractivity contribution in [3.8, 4) is 0 Å². The lowest BCUT2D eigenvalue weighted by Gasteiger charge is -2.30. The first-order valence-electron chi connectivity index (χ1n) is 6.35. The van der Waals surface area contributed by atoms with Gasteiger partial charge in [0.15, 0.2) is 0 Å². The minimum Gasteiger partial charge on any atom is -0.451 e. The molecule has 0 saturated heterocycles. The summed E-state index contributed by atoms with van der Waals surface area (Å²) in [6, 6.07) is 0.966. The van der Waals surface area contributed by atoms with Crippen molar-refractivity contribution >= 4 is 14.0 Å². The lowest BCUT2D eigenvalue weighted by atomic mass is 9.85. The molecule has 2 aliphatic rings. The Morgan fingerprint density at radius 2 is 1.88 bits per heavy atom. The zero-order valence-corrected chi connectivity index (χ0v) is 11.6. The zero-order valence-electron chi connectivity index (χ0n) is 10.6. The maximum absolute atomic E-state index is 11.9. The first-order chi connectivity index (χ1) is 7.40. The Labute approximate surface area is 99.1 Å². The second kappa shape index (κ2) is 4.02. The van der Waals surface area contributed by atoms with E-state index in [1.54, 1.807) is 0 Å². The van der Waals surface area contributed by atoms with Crippen molar-refractivity contribution in [1.29, 1.82) is 0 Å². The number of esters is 1. The van der Waals surface area contributed by atoms with Crippen LogP contribution in [0.3, 0.4) is 0 Å². The highest BCUT2D eigenvalue weighted by Gasteiger charge is 2.41. The summed E-state index contributed by atoms with van der Waals surface area (Å²) in [6.45, 7) is 6.90. The molecule has 3 heteroatoms. The molecule has 2 rings (SSSR count). The van der Waals surface area contributed by atoms with Crippen molar-refractivity contribution in [2.75, 3.05) is 0 Å². The summed E-state index contributed by atoms with van der Waals surface area (Å²) in [6.07, 6.45) is 7.92. The molecule has 1 heterocycles. The molecule has 1 aliphatic heterocycles. The summed E-state index contributed by atoms with van der Waals surface area (Å²) in [5.74, 6) is -0.0377. The van der Waals surface area contributed by atoms with Gasteiger partial charge in [0.05, 0.1) is 0 Å². The quantitative estimate of drug-likeness (QED) is 0.543. The van der Waals surface area contributed by atoms with Gasteiger partial charge in [0.1, 0.15) is 5.60 Å². The number of hydrogen-bond donors (Lipinski definition) is 0. The molecule has 90 valence electrons. The lowest BCUT2D eigenvalue weighted by molar-refractivity contribution is -0.148.